The molecule has 0 aromatic heterocycles. The van der Waals surface area contributed by atoms with Crippen LogP contribution >= 0.6 is 0 Å². The molecule has 4 rings (SSSR count). The summed E-state index contributed by atoms with van der Waals surface area (Å²) in [6, 6.07) is 0.355. The zero-order chi connectivity index (χ0) is 14.7. The van der Waals surface area contributed by atoms with Crippen LogP contribution in [0.3, 0.4) is 0 Å². The molecule has 5 unspecified atom stereocenters. The number of fused-ring (bicyclic) bond motifs is 3. The van der Waals surface area contributed by atoms with Crippen LogP contribution in [0.25, 0.3) is 0 Å². The molecule has 2 aliphatic heterocycles. The summed E-state index contributed by atoms with van der Waals surface area (Å²) in [4.78, 5) is 12.3. The van der Waals surface area contributed by atoms with Gasteiger partial charge >= 0.3 is 6.03 Å². The third-order valence-corrected chi connectivity index (χ3v) is 5.70. The molecule has 4 nitrogen and oxygen atoms in total. The molecule has 2 bridgehead atoms. The molecule has 0 aromatic rings. The number of hydrogen-bond donors (Lipinski definition) is 2. The lowest BCUT2D eigenvalue weighted by Crippen LogP contribution is -2.61. The summed E-state index contributed by atoms with van der Waals surface area (Å²) in [6.45, 7) is 3.25. The molecule has 0 aromatic carbocycles. The summed E-state index contributed by atoms with van der Waals surface area (Å²) in [5.74, 6) is 0.691. The van der Waals surface area contributed by atoms with Crippen LogP contribution < -0.4 is 11.1 Å². The number of piperidine rings is 1. The summed E-state index contributed by atoms with van der Waals surface area (Å²) in [7, 11) is 0. The first-order valence-electron chi connectivity index (χ1n) is 7.75. The predicted molar refractivity (Wildman–Crippen MR) is 81.8 cm³/mol. The average Bonchev–Trinajstić information content (AvgIpc) is 3.09. The lowest BCUT2D eigenvalue weighted by molar-refractivity contribution is -0.775. The predicted octanol–water partition coefficient (Wildman–Crippen LogP) is 2.18. The van der Waals surface area contributed by atoms with Gasteiger partial charge in [0.15, 0.2) is 0 Å². The van der Waals surface area contributed by atoms with Crippen LogP contribution in [0.15, 0.2) is 48.4 Å². The molecular formula is C17H22N3O+. The summed E-state index contributed by atoms with van der Waals surface area (Å²) in [6.07, 6.45) is 16.8. The Morgan fingerprint density at radius 2 is 2.24 bits per heavy atom. The van der Waals surface area contributed by atoms with Crippen molar-refractivity contribution in [3.63, 3.8) is 0 Å². The topological polar surface area (TPSA) is 55.1 Å². The van der Waals surface area contributed by atoms with E-state index in [-0.39, 0.29) is 22.0 Å². The Hall–Kier alpha value is -1.65. The van der Waals surface area contributed by atoms with Gasteiger partial charge in [0.2, 0.25) is 0 Å². The van der Waals surface area contributed by atoms with E-state index in [2.05, 4.69) is 42.7 Å². The van der Waals surface area contributed by atoms with Crippen molar-refractivity contribution in [3.05, 3.63) is 48.4 Å². The molecule has 3 N–H and O–H groups in total. The molecule has 1 saturated heterocycles. The fourth-order valence-electron chi connectivity index (χ4n) is 4.38. The van der Waals surface area contributed by atoms with Crippen LogP contribution in [0, 0.1) is 11.3 Å². The first-order valence-corrected chi connectivity index (χ1v) is 7.75. The molecular weight excluding hydrogens is 262 g/mol. The lowest BCUT2D eigenvalue weighted by atomic mass is 9.77. The first kappa shape index (κ1) is 13.0. The average molecular weight is 284 g/mol. The van der Waals surface area contributed by atoms with E-state index < -0.39 is 0 Å². The van der Waals surface area contributed by atoms with Crippen LogP contribution in [0.4, 0.5) is 4.79 Å². The fourth-order valence-corrected chi connectivity index (χ4v) is 4.38. The Bertz CT molecular complexity index is 618. The maximum atomic E-state index is 12.3. The molecule has 0 spiro atoms. The number of allylic oxidation sites excluding steroid dienone is 6. The van der Waals surface area contributed by atoms with E-state index in [4.69, 9.17) is 5.73 Å². The highest BCUT2D eigenvalue weighted by Gasteiger charge is 2.54. The van der Waals surface area contributed by atoms with Crippen molar-refractivity contribution in [3.8, 4) is 0 Å². The quantitative estimate of drug-likeness (QED) is 0.725. The lowest BCUT2D eigenvalue weighted by Gasteiger charge is -2.42. The van der Waals surface area contributed by atoms with Crippen molar-refractivity contribution in [1.29, 1.82) is 0 Å². The van der Waals surface area contributed by atoms with E-state index in [1.165, 1.54) is 6.42 Å². The molecule has 2 fully saturated rings. The number of nitrogens with zero attached hydrogens (tertiary/aromatic N) is 1. The molecule has 0 radical (unpaired) electrons. The summed E-state index contributed by atoms with van der Waals surface area (Å²) in [5, 5.41) is 3.55. The van der Waals surface area contributed by atoms with Crippen molar-refractivity contribution < 1.29 is 9.28 Å². The largest absolute Gasteiger partial charge is 0.423 e. The molecule has 4 heteroatoms. The van der Waals surface area contributed by atoms with Crippen LogP contribution in [0.5, 0.6) is 0 Å². The minimum atomic E-state index is -0.275. The number of primary amides is 1. The minimum absolute atomic E-state index is 0.114. The van der Waals surface area contributed by atoms with E-state index >= 15 is 0 Å². The van der Waals surface area contributed by atoms with Crippen molar-refractivity contribution in [1.82, 2.24) is 5.32 Å². The molecule has 1 saturated carbocycles. The van der Waals surface area contributed by atoms with Crippen LogP contribution in [0.1, 0.15) is 19.8 Å². The van der Waals surface area contributed by atoms with Crippen LogP contribution in [-0.2, 0) is 0 Å². The highest BCUT2D eigenvalue weighted by Crippen LogP contribution is 2.45. The van der Waals surface area contributed by atoms with Gasteiger partial charge in [-0.15, -0.1) is 0 Å². The van der Waals surface area contributed by atoms with Crippen molar-refractivity contribution >= 4 is 6.03 Å². The molecule has 2 amide bonds. The number of amides is 2. The fraction of sp³-hybridized carbons (Fsp3) is 0.471. The Kier molecular flexibility index (Phi) is 2.60. The number of rotatable bonds is 1. The van der Waals surface area contributed by atoms with E-state index in [1.807, 2.05) is 12.3 Å². The number of urea groups is 1. The molecule has 2 heterocycles. The standard InChI is InChI=1S/C17H21N3O/c1-17-5-3-2-4-13(17)11-20(7-6-17,16(18)21)15-9-12-8-14(15)19-10-12/h2-7,11-12,14-15,19H,8-10H2,1H3,(H-,18,21)/p+1. The van der Waals surface area contributed by atoms with Gasteiger partial charge < -0.3 is 11.1 Å². The number of nitrogens with one attached hydrogen (secondary N) is 1. The maximum Gasteiger partial charge on any atom is 0.423 e. The first-order chi connectivity index (χ1) is 10.0. The Morgan fingerprint density at radius 3 is 2.90 bits per heavy atom. The third-order valence-electron chi connectivity index (χ3n) is 5.70. The number of nitrogens with two attached hydrogens (primary N) is 1. The zero-order valence-electron chi connectivity index (χ0n) is 12.3. The van der Waals surface area contributed by atoms with Crippen LogP contribution in [-0.4, -0.2) is 29.1 Å². The highest BCUT2D eigenvalue weighted by atomic mass is 16.2. The molecule has 110 valence electrons. The van der Waals surface area contributed by atoms with Gasteiger partial charge in [0.25, 0.3) is 0 Å². The number of carbonyl (C=O) groups excluding carboxylic acids is 1. The van der Waals surface area contributed by atoms with Gasteiger partial charge in [-0.3, -0.25) is 0 Å². The zero-order valence-corrected chi connectivity index (χ0v) is 12.3. The third kappa shape index (κ3) is 1.72. The number of carbonyl (C=O) groups is 1. The van der Waals surface area contributed by atoms with Gasteiger partial charge in [0.05, 0.1) is 6.04 Å². The monoisotopic (exact) mass is 284 g/mol. The van der Waals surface area contributed by atoms with E-state index in [1.54, 1.807) is 0 Å². The van der Waals surface area contributed by atoms with Gasteiger partial charge in [-0.05, 0) is 31.9 Å². The van der Waals surface area contributed by atoms with Gasteiger partial charge in [-0.25, -0.2) is 4.79 Å². The normalized spacial score (nSPS) is 46.5. The summed E-state index contributed by atoms with van der Waals surface area (Å²) < 4.78 is 0.164. The van der Waals surface area contributed by atoms with E-state index in [9.17, 15) is 4.79 Å². The second-order valence-corrected chi connectivity index (χ2v) is 6.99. The second kappa shape index (κ2) is 4.18. The number of hydrogen-bond acceptors (Lipinski definition) is 2. The van der Waals surface area contributed by atoms with Gasteiger partial charge in [0.1, 0.15) is 18.4 Å². The van der Waals surface area contributed by atoms with Crippen molar-refractivity contribution in [2.24, 2.45) is 17.1 Å². The second-order valence-electron chi connectivity index (χ2n) is 6.99. The van der Waals surface area contributed by atoms with Gasteiger partial charge in [-0.1, -0.05) is 24.3 Å². The smallest absolute Gasteiger partial charge is 0.318 e. The van der Waals surface area contributed by atoms with Gasteiger partial charge in [-0.2, -0.15) is 4.48 Å². The van der Waals surface area contributed by atoms with Crippen molar-refractivity contribution in [2.45, 2.75) is 31.8 Å². The van der Waals surface area contributed by atoms with Gasteiger partial charge in [0, 0.05) is 17.4 Å². The van der Waals surface area contributed by atoms with E-state index in [0.29, 0.717) is 12.0 Å². The van der Waals surface area contributed by atoms with E-state index in [0.717, 1.165) is 18.5 Å². The minimum Gasteiger partial charge on any atom is -0.318 e. The molecule has 21 heavy (non-hydrogen) atoms. The Balaban J connectivity index is 1.79. The Morgan fingerprint density at radius 1 is 1.38 bits per heavy atom. The highest BCUT2D eigenvalue weighted by molar-refractivity contribution is 5.67. The Labute approximate surface area is 125 Å². The summed E-state index contributed by atoms with van der Waals surface area (Å²) >= 11 is 0. The number of quaternary nitrogens is 1. The maximum absolute atomic E-state index is 12.3. The molecule has 4 aliphatic rings. The van der Waals surface area contributed by atoms with Crippen LogP contribution in [0.2, 0.25) is 0 Å². The van der Waals surface area contributed by atoms with Crippen molar-refractivity contribution in [2.75, 3.05) is 6.54 Å². The molecule has 5 atom stereocenters. The molecule has 2 aliphatic carbocycles. The SMILES string of the molecule is CC12C=CC=CC1=C[N+](C(N)=O)(C1CC3CNC1C3)C=C2. The summed E-state index contributed by atoms with van der Waals surface area (Å²) in [5.41, 5.74) is 6.89.